The van der Waals surface area contributed by atoms with E-state index in [2.05, 4.69) is 4.74 Å². The van der Waals surface area contributed by atoms with Gasteiger partial charge in [0, 0.05) is 6.42 Å². The van der Waals surface area contributed by atoms with Crippen molar-refractivity contribution >= 4 is 16.0 Å². The van der Waals surface area contributed by atoms with Gasteiger partial charge < -0.3 is 4.74 Å². The molecule has 0 fully saturated rings. The summed E-state index contributed by atoms with van der Waals surface area (Å²) in [6, 6.07) is 0. The summed E-state index contributed by atoms with van der Waals surface area (Å²) in [7, 11) is -1.91. The highest BCUT2D eigenvalue weighted by atomic mass is 32.2. The first-order valence-electron chi connectivity index (χ1n) is 5.53. The number of carbonyl (C=O) groups excluding carboxylic acids is 1. The van der Waals surface area contributed by atoms with Gasteiger partial charge in [-0.25, -0.2) is 13.6 Å². The molecule has 0 saturated heterocycles. The minimum Gasteiger partial charge on any atom is -0.469 e. The van der Waals surface area contributed by atoms with Gasteiger partial charge in [-0.2, -0.15) is 0 Å². The van der Waals surface area contributed by atoms with Crippen LogP contribution < -0.4 is 5.14 Å². The number of primary sulfonamides is 1. The third-order valence-corrected chi connectivity index (χ3v) is 3.15. The summed E-state index contributed by atoms with van der Waals surface area (Å²) in [5.74, 6) is -0.107. The van der Waals surface area contributed by atoms with Gasteiger partial charge in [-0.05, 0) is 12.8 Å². The molecule has 0 aromatic heterocycles. The number of rotatable bonds is 9. The summed E-state index contributed by atoms with van der Waals surface area (Å²) in [5.41, 5.74) is 0. The van der Waals surface area contributed by atoms with Crippen LogP contribution in [0, 0.1) is 0 Å². The summed E-state index contributed by atoms with van der Waals surface area (Å²) in [4.78, 5) is 10.8. The first-order valence-corrected chi connectivity index (χ1v) is 7.24. The highest BCUT2D eigenvalue weighted by Crippen LogP contribution is 2.07. The van der Waals surface area contributed by atoms with Crippen molar-refractivity contribution < 1.29 is 17.9 Å². The van der Waals surface area contributed by atoms with Gasteiger partial charge in [-0.3, -0.25) is 4.79 Å². The van der Waals surface area contributed by atoms with Crippen molar-refractivity contribution in [2.45, 2.75) is 44.9 Å². The number of hydrogen-bond acceptors (Lipinski definition) is 4. The Morgan fingerprint density at radius 2 is 1.56 bits per heavy atom. The Morgan fingerprint density at radius 1 is 1.06 bits per heavy atom. The molecule has 0 aliphatic rings. The fraction of sp³-hybridized carbons (Fsp3) is 0.900. The van der Waals surface area contributed by atoms with Gasteiger partial charge in [-0.1, -0.05) is 25.7 Å². The number of carbonyl (C=O) groups is 1. The molecule has 0 aliphatic carbocycles. The zero-order chi connectivity index (χ0) is 12.4. The summed E-state index contributed by atoms with van der Waals surface area (Å²) in [6.45, 7) is 0. The fourth-order valence-electron chi connectivity index (χ4n) is 1.38. The molecule has 0 bridgehead atoms. The minimum absolute atomic E-state index is 0.0646. The van der Waals surface area contributed by atoms with Gasteiger partial charge in [0.15, 0.2) is 0 Å². The maximum atomic E-state index is 10.8. The lowest BCUT2D eigenvalue weighted by Crippen LogP contribution is -2.16. The van der Waals surface area contributed by atoms with Crippen LogP contribution >= 0.6 is 0 Å². The summed E-state index contributed by atoms with van der Waals surface area (Å²) in [5, 5.41) is 4.87. The van der Waals surface area contributed by atoms with Crippen molar-refractivity contribution in [1.29, 1.82) is 0 Å². The lowest BCUT2D eigenvalue weighted by atomic mass is 10.1. The maximum absolute atomic E-state index is 10.8. The Balaban J connectivity index is 3.19. The van der Waals surface area contributed by atoms with Crippen LogP contribution in [-0.2, 0) is 19.6 Å². The van der Waals surface area contributed by atoms with Crippen LogP contribution in [0.3, 0.4) is 0 Å². The molecule has 0 rings (SSSR count). The third kappa shape index (κ3) is 11.5. The number of sulfonamides is 1. The van der Waals surface area contributed by atoms with Crippen molar-refractivity contribution in [2.75, 3.05) is 12.9 Å². The van der Waals surface area contributed by atoms with E-state index in [4.69, 9.17) is 5.14 Å². The van der Waals surface area contributed by atoms with Crippen LogP contribution in [0.5, 0.6) is 0 Å². The number of esters is 1. The van der Waals surface area contributed by atoms with Crippen LogP contribution in [0.4, 0.5) is 0 Å². The van der Waals surface area contributed by atoms with Crippen molar-refractivity contribution in [3.63, 3.8) is 0 Å². The zero-order valence-corrected chi connectivity index (χ0v) is 10.6. The number of nitrogens with two attached hydrogens (primary N) is 1. The van der Waals surface area contributed by atoms with Crippen LogP contribution in [-0.4, -0.2) is 27.2 Å². The molecule has 16 heavy (non-hydrogen) atoms. The summed E-state index contributed by atoms with van der Waals surface area (Å²) in [6.07, 6.45) is 5.77. The van der Waals surface area contributed by atoms with E-state index in [1.165, 1.54) is 7.11 Å². The maximum Gasteiger partial charge on any atom is 0.305 e. The summed E-state index contributed by atoms with van der Waals surface area (Å²) < 4.78 is 25.7. The van der Waals surface area contributed by atoms with Crippen molar-refractivity contribution in [3.05, 3.63) is 0 Å². The zero-order valence-electron chi connectivity index (χ0n) is 9.78. The normalized spacial score (nSPS) is 11.4. The molecule has 2 N–H and O–H groups in total. The second-order valence-corrected chi connectivity index (χ2v) is 5.55. The van der Waals surface area contributed by atoms with E-state index in [0.29, 0.717) is 12.8 Å². The van der Waals surface area contributed by atoms with Gasteiger partial charge in [-0.15, -0.1) is 0 Å². The van der Waals surface area contributed by atoms with E-state index in [0.717, 1.165) is 32.1 Å². The van der Waals surface area contributed by atoms with Crippen LogP contribution in [0.2, 0.25) is 0 Å². The second kappa shape index (κ2) is 8.52. The lowest BCUT2D eigenvalue weighted by Gasteiger charge is -2.01. The molecule has 0 saturated carbocycles. The van der Waals surface area contributed by atoms with Gasteiger partial charge in [0.1, 0.15) is 0 Å². The molecular weight excluding hydrogens is 230 g/mol. The molecule has 5 nitrogen and oxygen atoms in total. The number of unbranched alkanes of at least 4 members (excludes halogenated alkanes) is 5. The molecule has 0 radical (unpaired) electrons. The van der Waals surface area contributed by atoms with Crippen LogP contribution in [0.25, 0.3) is 0 Å². The summed E-state index contributed by atoms with van der Waals surface area (Å²) >= 11 is 0. The van der Waals surface area contributed by atoms with Crippen molar-refractivity contribution in [2.24, 2.45) is 5.14 Å². The average molecular weight is 251 g/mol. The predicted molar refractivity (Wildman–Crippen MR) is 62.3 cm³/mol. The molecule has 0 heterocycles. The average Bonchev–Trinajstić information content (AvgIpc) is 2.20. The van der Waals surface area contributed by atoms with E-state index in [1.807, 2.05) is 0 Å². The number of methoxy groups -OCH3 is 1. The topological polar surface area (TPSA) is 86.5 Å². The molecular formula is C10H21NO4S. The van der Waals surface area contributed by atoms with Gasteiger partial charge in [0.2, 0.25) is 10.0 Å². The van der Waals surface area contributed by atoms with E-state index < -0.39 is 10.0 Å². The first kappa shape index (κ1) is 15.4. The Hall–Kier alpha value is -0.620. The molecule has 0 aliphatic heterocycles. The monoisotopic (exact) mass is 251 g/mol. The van der Waals surface area contributed by atoms with Crippen LogP contribution in [0.15, 0.2) is 0 Å². The Bertz CT molecular complexity index is 287. The highest BCUT2D eigenvalue weighted by molar-refractivity contribution is 7.89. The quantitative estimate of drug-likeness (QED) is 0.492. The minimum atomic E-state index is -3.30. The van der Waals surface area contributed by atoms with Crippen LogP contribution in [0.1, 0.15) is 44.9 Å². The number of hydrogen-bond donors (Lipinski definition) is 1. The van der Waals surface area contributed by atoms with Crippen molar-refractivity contribution in [1.82, 2.24) is 0 Å². The second-order valence-electron chi connectivity index (χ2n) is 3.81. The van der Waals surface area contributed by atoms with Gasteiger partial charge >= 0.3 is 5.97 Å². The third-order valence-electron chi connectivity index (χ3n) is 2.29. The first-order chi connectivity index (χ1) is 7.45. The van der Waals surface area contributed by atoms with E-state index in [1.54, 1.807) is 0 Å². The van der Waals surface area contributed by atoms with Crippen molar-refractivity contribution in [3.8, 4) is 0 Å². The fourth-order valence-corrected chi connectivity index (χ4v) is 1.99. The SMILES string of the molecule is COC(=O)CCCCCCCCS(N)(=O)=O. The smallest absolute Gasteiger partial charge is 0.305 e. The molecule has 0 amide bonds. The number of ether oxygens (including phenoxy) is 1. The Labute approximate surface area is 97.4 Å². The molecule has 0 unspecified atom stereocenters. The molecule has 96 valence electrons. The highest BCUT2D eigenvalue weighted by Gasteiger charge is 2.02. The van der Waals surface area contributed by atoms with E-state index in [-0.39, 0.29) is 11.7 Å². The molecule has 0 aromatic carbocycles. The van der Waals surface area contributed by atoms with Gasteiger partial charge in [0.05, 0.1) is 12.9 Å². The predicted octanol–water partition coefficient (Wildman–Crippen LogP) is 1.18. The van der Waals surface area contributed by atoms with E-state index >= 15 is 0 Å². The standard InChI is InChI=1S/C10H21NO4S/c1-15-10(12)8-6-4-2-3-5-7-9-16(11,13)14/h2-9H2,1H3,(H2,11,13,14). The van der Waals surface area contributed by atoms with Gasteiger partial charge in [0.25, 0.3) is 0 Å². The lowest BCUT2D eigenvalue weighted by molar-refractivity contribution is -0.140. The molecule has 0 aromatic rings. The Morgan fingerprint density at radius 3 is 2.06 bits per heavy atom. The molecule has 0 spiro atoms. The molecule has 0 atom stereocenters. The molecule has 6 heteroatoms. The van der Waals surface area contributed by atoms with E-state index in [9.17, 15) is 13.2 Å². The Kier molecular flexibility index (Phi) is 8.19. The largest absolute Gasteiger partial charge is 0.469 e.